The number of carbonyl (C=O) groups excluding carboxylic acids is 1. The van der Waals surface area contributed by atoms with E-state index >= 15 is 0 Å². The largest absolute Gasteiger partial charge is 0.476 e. The minimum Gasteiger partial charge on any atom is -0.476 e. The third kappa shape index (κ3) is 6.06. The molecule has 0 spiro atoms. The van der Waals surface area contributed by atoms with Gasteiger partial charge in [0.2, 0.25) is 11.8 Å². The summed E-state index contributed by atoms with van der Waals surface area (Å²) in [6.07, 6.45) is 4.27. The van der Waals surface area contributed by atoms with Crippen LogP contribution in [0.25, 0.3) is 22.3 Å². The monoisotopic (exact) mass is 568 g/mol. The summed E-state index contributed by atoms with van der Waals surface area (Å²) in [6, 6.07) is 17.9. The summed E-state index contributed by atoms with van der Waals surface area (Å²) in [6.45, 7) is 9.51. The fourth-order valence-electron chi connectivity index (χ4n) is 5.75. The minimum absolute atomic E-state index is 0.0849. The Hall–Kier alpha value is -4.11. The van der Waals surface area contributed by atoms with Crippen molar-refractivity contribution in [3.8, 4) is 17.1 Å². The number of hydrogen-bond donors (Lipinski definition) is 2. The molecular formula is C33H37FN6O2. The number of carbonyl (C=O) groups is 1. The van der Waals surface area contributed by atoms with Crippen molar-refractivity contribution in [1.82, 2.24) is 25.2 Å². The van der Waals surface area contributed by atoms with Gasteiger partial charge in [-0.05, 0) is 102 Å². The SMILES string of the molecule is CCOc1nc(NC2(c3ccc(F)cc3)CC2)nc2ccc(-c3ccc(C(=O)NC(C)(C)CN4CCCC4)cc3)nc12. The molecule has 8 nitrogen and oxygen atoms in total. The van der Waals surface area contributed by atoms with Crippen LogP contribution < -0.4 is 15.4 Å². The van der Waals surface area contributed by atoms with Gasteiger partial charge in [0.25, 0.3) is 5.91 Å². The molecule has 2 aromatic carbocycles. The van der Waals surface area contributed by atoms with Gasteiger partial charge < -0.3 is 20.3 Å². The molecule has 218 valence electrons. The van der Waals surface area contributed by atoms with Crippen LogP contribution in [0.15, 0.2) is 60.7 Å². The highest BCUT2D eigenvalue weighted by Gasteiger charge is 2.45. The standard InChI is InChI=1S/C33H37FN6O2/c1-4-42-30-28-27(36-31(37-30)39-33(17-18-33)24-11-13-25(34)14-12-24)16-15-26(35-28)22-7-9-23(10-8-22)29(41)38-32(2,3)21-40-19-5-6-20-40/h7-16H,4-6,17-21H2,1-3H3,(H,38,41)(H,36,37,39). The number of fused-ring (bicyclic) bond motifs is 1. The maximum atomic E-state index is 13.5. The van der Waals surface area contributed by atoms with Crippen LogP contribution >= 0.6 is 0 Å². The summed E-state index contributed by atoms with van der Waals surface area (Å²) in [5.41, 5.74) is 3.83. The Morgan fingerprint density at radius 3 is 2.36 bits per heavy atom. The zero-order chi connectivity index (χ0) is 29.3. The van der Waals surface area contributed by atoms with Crippen molar-refractivity contribution in [1.29, 1.82) is 0 Å². The number of nitrogens with one attached hydrogen (secondary N) is 2. The molecule has 9 heteroatoms. The molecule has 2 N–H and O–H groups in total. The molecule has 4 aromatic rings. The maximum Gasteiger partial charge on any atom is 0.251 e. The van der Waals surface area contributed by atoms with E-state index in [0.29, 0.717) is 35.0 Å². The predicted molar refractivity (Wildman–Crippen MR) is 162 cm³/mol. The summed E-state index contributed by atoms with van der Waals surface area (Å²) in [4.78, 5) is 29.7. The summed E-state index contributed by atoms with van der Waals surface area (Å²) in [5, 5.41) is 6.65. The third-order valence-electron chi connectivity index (χ3n) is 8.00. The molecule has 0 unspecified atom stereocenters. The second kappa shape index (κ2) is 11.3. The number of anilines is 1. The van der Waals surface area contributed by atoms with E-state index in [2.05, 4.69) is 34.4 Å². The molecule has 1 saturated carbocycles. The highest BCUT2D eigenvalue weighted by molar-refractivity contribution is 5.95. The molecule has 2 fully saturated rings. The number of likely N-dealkylation sites (tertiary alicyclic amines) is 1. The van der Waals surface area contributed by atoms with Crippen molar-refractivity contribution < 1.29 is 13.9 Å². The van der Waals surface area contributed by atoms with E-state index in [1.54, 1.807) is 12.1 Å². The van der Waals surface area contributed by atoms with Gasteiger partial charge in [0.15, 0.2) is 5.52 Å². The number of hydrogen-bond acceptors (Lipinski definition) is 7. The number of halogens is 1. The first-order valence-electron chi connectivity index (χ1n) is 14.7. The molecule has 1 aliphatic carbocycles. The van der Waals surface area contributed by atoms with Crippen LogP contribution in [0.3, 0.4) is 0 Å². The Labute approximate surface area is 245 Å². The fraction of sp³-hybridized carbons (Fsp3) is 0.394. The topological polar surface area (TPSA) is 92.3 Å². The van der Waals surface area contributed by atoms with E-state index in [-0.39, 0.29) is 22.8 Å². The summed E-state index contributed by atoms with van der Waals surface area (Å²) in [5.74, 6) is 0.508. The molecule has 1 amide bonds. The average Bonchev–Trinajstić information content (AvgIpc) is 3.57. The summed E-state index contributed by atoms with van der Waals surface area (Å²) >= 11 is 0. The molecule has 0 atom stereocenters. The minimum atomic E-state index is -0.318. The Morgan fingerprint density at radius 1 is 0.976 bits per heavy atom. The van der Waals surface area contributed by atoms with Crippen molar-refractivity contribution >= 4 is 22.9 Å². The van der Waals surface area contributed by atoms with Crippen LogP contribution in [-0.4, -0.2) is 57.5 Å². The third-order valence-corrected chi connectivity index (χ3v) is 8.00. The lowest BCUT2D eigenvalue weighted by atomic mass is 10.0. The Morgan fingerprint density at radius 2 is 1.69 bits per heavy atom. The molecule has 42 heavy (non-hydrogen) atoms. The lowest BCUT2D eigenvalue weighted by molar-refractivity contribution is 0.0894. The predicted octanol–water partition coefficient (Wildman–Crippen LogP) is 5.94. The van der Waals surface area contributed by atoms with Crippen molar-refractivity contribution in [3.63, 3.8) is 0 Å². The second-order valence-corrected chi connectivity index (χ2v) is 12.0. The van der Waals surface area contributed by atoms with Crippen molar-refractivity contribution in [2.75, 3.05) is 31.6 Å². The summed E-state index contributed by atoms with van der Waals surface area (Å²) < 4.78 is 19.4. The molecule has 1 aliphatic heterocycles. The van der Waals surface area contributed by atoms with Gasteiger partial charge in [-0.15, -0.1) is 0 Å². The smallest absolute Gasteiger partial charge is 0.251 e. The van der Waals surface area contributed by atoms with Crippen LogP contribution in [0.5, 0.6) is 5.88 Å². The molecule has 3 heterocycles. The first-order valence-corrected chi connectivity index (χ1v) is 14.7. The van der Waals surface area contributed by atoms with Crippen molar-refractivity contribution in [2.24, 2.45) is 0 Å². The van der Waals surface area contributed by atoms with Gasteiger partial charge in [-0.2, -0.15) is 4.98 Å². The number of amides is 1. The number of ether oxygens (including phenoxy) is 1. The molecule has 0 radical (unpaired) electrons. The van der Waals surface area contributed by atoms with Gasteiger partial charge in [0.1, 0.15) is 5.82 Å². The van der Waals surface area contributed by atoms with Gasteiger partial charge in [0.05, 0.1) is 23.4 Å². The molecule has 6 rings (SSSR count). The van der Waals surface area contributed by atoms with E-state index < -0.39 is 0 Å². The number of aromatic nitrogens is 3. The number of nitrogens with zero attached hydrogens (tertiary/aromatic N) is 4. The second-order valence-electron chi connectivity index (χ2n) is 12.0. The molecule has 2 aliphatic rings. The zero-order valence-electron chi connectivity index (χ0n) is 24.4. The summed E-state index contributed by atoms with van der Waals surface area (Å²) in [7, 11) is 0. The highest BCUT2D eigenvalue weighted by atomic mass is 19.1. The van der Waals surface area contributed by atoms with Crippen LogP contribution in [0.2, 0.25) is 0 Å². The molecule has 1 saturated heterocycles. The Kier molecular flexibility index (Phi) is 7.53. The molecule has 0 bridgehead atoms. The number of benzene rings is 2. The molecule has 2 aromatic heterocycles. The van der Waals surface area contributed by atoms with Crippen molar-refractivity contribution in [2.45, 2.75) is 57.5 Å². The number of rotatable bonds is 10. The van der Waals surface area contributed by atoms with E-state index in [4.69, 9.17) is 14.7 Å². The van der Waals surface area contributed by atoms with Gasteiger partial charge in [-0.3, -0.25) is 4.79 Å². The van der Waals surface area contributed by atoms with Crippen molar-refractivity contribution in [3.05, 3.63) is 77.6 Å². The van der Waals surface area contributed by atoms with E-state index in [0.717, 1.165) is 49.3 Å². The van der Waals surface area contributed by atoms with Crippen LogP contribution in [-0.2, 0) is 5.54 Å². The van der Waals surface area contributed by atoms with Gasteiger partial charge in [-0.25, -0.2) is 14.4 Å². The zero-order valence-corrected chi connectivity index (χ0v) is 24.4. The number of pyridine rings is 1. The van der Waals surface area contributed by atoms with Gasteiger partial charge >= 0.3 is 0 Å². The lowest BCUT2D eigenvalue weighted by Crippen LogP contribution is -2.50. The first kappa shape index (κ1) is 28.0. The van der Waals surface area contributed by atoms with E-state index in [9.17, 15) is 9.18 Å². The highest BCUT2D eigenvalue weighted by Crippen LogP contribution is 2.48. The Balaban J connectivity index is 1.20. The Bertz CT molecular complexity index is 1580. The molecular weight excluding hydrogens is 531 g/mol. The lowest BCUT2D eigenvalue weighted by Gasteiger charge is -2.31. The van der Waals surface area contributed by atoms with Gasteiger partial charge in [0, 0.05) is 23.2 Å². The van der Waals surface area contributed by atoms with Crippen LogP contribution in [0.1, 0.15) is 62.4 Å². The maximum absolute atomic E-state index is 13.5. The fourth-order valence-corrected chi connectivity index (χ4v) is 5.75. The normalized spacial score (nSPS) is 16.4. The van der Waals surface area contributed by atoms with Gasteiger partial charge in [-0.1, -0.05) is 24.3 Å². The first-order chi connectivity index (χ1) is 20.2. The van der Waals surface area contributed by atoms with E-state index in [1.165, 1.54) is 25.0 Å². The van der Waals surface area contributed by atoms with Crippen LogP contribution in [0.4, 0.5) is 10.3 Å². The average molecular weight is 569 g/mol. The van der Waals surface area contributed by atoms with E-state index in [1.807, 2.05) is 43.3 Å². The van der Waals surface area contributed by atoms with Crippen LogP contribution in [0, 0.1) is 5.82 Å². The quantitative estimate of drug-likeness (QED) is 0.245.